The number of imidazole rings is 1. The van der Waals surface area contributed by atoms with Crippen LogP contribution < -0.4 is 10.2 Å². The third-order valence-electron chi connectivity index (χ3n) is 4.56. The number of aryl methyl sites for hydroxylation is 2. The second kappa shape index (κ2) is 11.9. The third kappa shape index (κ3) is 6.97. The second-order valence-electron chi connectivity index (χ2n) is 6.82. The first-order valence-corrected chi connectivity index (χ1v) is 10.9. The van der Waals surface area contributed by atoms with Gasteiger partial charge in [-0.2, -0.15) is 0 Å². The number of hydrogen-bond donors (Lipinski definition) is 1. The lowest BCUT2D eigenvalue weighted by molar-refractivity contribution is -0.118. The number of hydrogen-bond acceptors (Lipinski definition) is 7. The van der Waals surface area contributed by atoms with Crippen molar-refractivity contribution in [3.05, 3.63) is 59.9 Å². The van der Waals surface area contributed by atoms with Gasteiger partial charge in [0, 0.05) is 51.4 Å². The van der Waals surface area contributed by atoms with Gasteiger partial charge < -0.3 is 14.6 Å². The van der Waals surface area contributed by atoms with Crippen molar-refractivity contribution in [2.45, 2.75) is 25.8 Å². The van der Waals surface area contributed by atoms with Crippen molar-refractivity contribution in [2.75, 3.05) is 31.7 Å². The molecule has 0 atom stereocenters. The van der Waals surface area contributed by atoms with E-state index in [1.807, 2.05) is 22.9 Å². The van der Waals surface area contributed by atoms with Crippen LogP contribution in [0.4, 0.5) is 5.13 Å². The average Bonchev–Trinajstić information content (AvgIpc) is 3.49. The molecule has 0 bridgehead atoms. The van der Waals surface area contributed by atoms with E-state index in [2.05, 4.69) is 20.3 Å². The van der Waals surface area contributed by atoms with Gasteiger partial charge in [-0.25, -0.2) is 9.97 Å². The van der Waals surface area contributed by atoms with E-state index in [9.17, 15) is 9.59 Å². The minimum absolute atomic E-state index is 0.0671. The summed E-state index contributed by atoms with van der Waals surface area (Å²) in [5.74, 6) is -0.258. The van der Waals surface area contributed by atoms with Gasteiger partial charge in [0.25, 0.3) is 5.91 Å². The van der Waals surface area contributed by atoms with Crippen LogP contribution in [0.2, 0.25) is 0 Å². The molecule has 1 N–H and O–H groups in total. The molecule has 3 heterocycles. The lowest BCUT2D eigenvalue weighted by Crippen LogP contribution is -2.34. The first-order chi connectivity index (χ1) is 15.2. The van der Waals surface area contributed by atoms with Crippen molar-refractivity contribution in [3.8, 4) is 0 Å². The summed E-state index contributed by atoms with van der Waals surface area (Å²) in [5, 5.41) is 3.39. The highest BCUT2D eigenvalue weighted by atomic mass is 32.1. The topological polar surface area (TPSA) is 102 Å². The normalized spacial score (nSPS) is 10.7. The maximum absolute atomic E-state index is 12.8. The van der Waals surface area contributed by atoms with Crippen molar-refractivity contribution in [1.29, 1.82) is 0 Å². The summed E-state index contributed by atoms with van der Waals surface area (Å²) >= 11 is 1.20. The van der Waals surface area contributed by atoms with Crippen LogP contribution in [0.3, 0.4) is 0 Å². The zero-order valence-corrected chi connectivity index (χ0v) is 18.3. The van der Waals surface area contributed by atoms with Crippen molar-refractivity contribution in [1.82, 2.24) is 24.8 Å². The van der Waals surface area contributed by atoms with Crippen LogP contribution in [0, 0.1) is 0 Å². The molecular formula is C21H26N6O3S. The maximum atomic E-state index is 12.8. The number of carbonyl (C=O) groups excluding carboxylic acids is 2. The van der Waals surface area contributed by atoms with E-state index in [0.717, 1.165) is 18.5 Å². The van der Waals surface area contributed by atoms with Crippen LogP contribution in [0.5, 0.6) is 0 Å². The number of rotatable bonds is 12. The van der Waals surface area contributed by atoms with Crippen LogP contribution in [-0.2, 0) is 22.5 Å². The number of anilines is 1. The van der Waals surface area contributed by atoms with Crippen molar-refractivity contribution in [3.63, 3.8) is 0 Å². The van der Waals surface area contributed by atoms with E-state index < -0.39 is 0 Å². The Bertz CT molecular complexity index is 945. The quantitative estimate of drug-likeness (QED) is 0.431. The fourth-order valence-corrected chi connectivity index (χ4v) is 3.78. The molecule has 0 radical (unpaired) electrons. The van der Waals surface area contributed by atoms with Gasteiger partial charge in [0.2, 0.25) is 5.91 Å². The molecule has 9 nitrogen and oxygen atoms in total. The van der Waals surface area contributed by atoms with Gasteiger partial charge in [-0.05, 0) is 24.5 Å². The van der Waals surface area contributed by atoms with Gasteiger partial charge in [-0.1, -0.05) is 17.4 Å². The molecule has 10 heteroatoms. The molecule has 0 unspecified atom stereocenters. The van der Waals surface area contributed by atoms with E-state index in [1.54, 1.807) is 36.9 Å². The second-order valence-corrected chi connectivity index (χ2v) is 7.83. The minimum atomic E-state index is -0.191. The Labute approximate surface area is 185 Å². The minimum Gasteiger partial charge on any atom is -0.383 e. The summed E-state index contributed by atoms with van der Waals surface area (Å²) in [6.45, 7) is 2.09. The molecule has 0 saturated heterocycles. The number of amides is 2. The maximum Gasteiger partial charge on any atom is 0.263 e. The molecule has 164 valence electrons. The molecule has 0 aliphatic rings. The fraction of sp³-hybridized carbons (Fsp3) is 0.381. The molecule has 2 amide bonds. The summed E-state index contributed by atoms with van der Waals surface area (Å²) in [6, 6.07) is 3.79. The smallest absolute Gasteiger partial charge is 0.263 e. The SMILES string of the molecule is COCCN(C(=O)CCc1cccnc1)c1ncc(C(=O)NCCCn2ccnc2)s1. The Hall–Kier alpha value is -3.11. The van der Waals surface area contributed by atoms with Gasteiger partial charge in [-0.15, -0.1) is 0 Å². The Morgan fingerprint density at radius 3 is 2.90 bits per heavy atom. The molecule has 0 saturated carbocycles. The predicted octanol–water partition coefficient (Wildman–Crippen LogP) is 2.17. The van der Waals surface area contributed by atoms with Gasteiger partial charge in [-0.3, -0.25) is 19.5 Å². The Morgan fingerprint density at radius 2 is 2.16 bits per heavy atom. The monoisotopic (exact) mass is 442 g/mol. The number of thiazole rings is 1. The Balaban J connectivity index is 1.54. The number of ether oxygens (including phenoxy) is 1. The van der Waals surface area contributed by atoms with Crippen molar-refractivity contribution in [2.24, 2.45) is 0 Å². The molecule has 3 aromatic heterocycles. The van der Waals surface area contributed by atoms with Crippen molar-refractivity contribution >= 4 is 28.3 Å². The molecule has 31 heavy (non-hydrogen) atoms. The van der Waals surface area contributed by atoms with Crippen LogP contribution in [0.25, 0.3) is 0 Å². The fourth-order valence-electron chi connectivity index (χ4n) is 2.91. The summed E-state index contributed by atoms with van der Waals surface area (Å²) < 4.78 is 7.10. The van der Waals surface area contributed by atoms with E-state index in [-0.39, 0.29) is 11.8 Å². The lowest BCUT2D eigenvalue weighted by atomic mass is 10.1. The molecule has 0 aliphatic heterocycles. The summed E-state index contributed by atoms with van der Waals surface area (Å²) in [7, 11) is 1.59. The standard InChI is InChI=1S/C21H26N6O3S/c1-30-13-12-27(19(28)6-5-17-4-2-7-22-14-17)21-25-15-18(31-21)20(29)24-8-3-10-26-11-9-23-16-26/h2,4,7,9,11,14-16H,3,5-6,8,10,12-13H2,1H3,(H,24,29). The van der Waals surface area contributed by atoms with Gasteiger partial charge in [0.05, 0.1) is 25.7 Å². The van der Waals surface area contributed by atoms with Gasteiger partial charge in [0.15, 0.2) is 5.13 Å². The Morgan fingerprint density at radius 1 is 1.26 bits per heavy atom. The number of nitrogens with zero attached hydrogens (tertiary/aromatic N) is 5. The molecule has 0 aliphatic carbocycles. The zero-order valence-electron chi connectivity index (χ0n) is 17.4. The third-order valence-corrected chi connectivity index (χ3v) is 5.58. The number of methoxy groups -OCH3 is 1. The lowest BCUT2D eigenvalue weighted by Gasteiger charge is -2.19. The molecule has 3 aromatic rings. The number of aromatic nitrogens is 4. The van der Waals surface area contributed by atoms with Gasteiger partial charge >= 0.3 is 0 Å². The first kappa shape index (κ1) is 22.6. The number of nitrogens with one attached hydrogen (secondary N) is 1. The largest absolute Gasteiger partial charge is 0.383 e. The van der Waals surface area contributed by atoms with E-state index in [1.165, 1.54) is 17.5 Å². The van der Waals surface area contributed by atoms with E-state index in [0.29, 0.717) is 42.5 Å². The van der Waals surface area contributed by atoms with Crippen molar-refractivity contribution < 1.29 is 14.3 Å². The van der Waals surface area contributed by atoms with E-state index >= 15 is 0 Å². The number of carbonyl (C=O) groups is 2. The highest BCUT2D eigenvalue weighted by molar-refractivity contribution is 7.17. The van der Waals surface area contributed by atoms with Gasteiger partial charge in [0.1, 0.15) is 4.88 Å². The molecule has 0 aromatic carbocycles. The Kier molecular flexibility index (Phi) is 8.68. The predicted molar refractivity (Wildman–Crippen MR) is 118 cm³/mol. The molecule has 0 fully saturated rings. The average molecular weight is 443 g/mol. The first-order valence-electron chi connectivity index (χ1n) is 10.1. The number of pyridine rings is 1. The van der Waals surface area contributed by atoms with Crippen LogP contribution in [-0.4, -0.2) is 58.1 Å². The summed E-state index contributed by atoms with van der Waals surface area (Å²) in [6.07, 6.45) is 12.0. The summed E-state index contributed by atoms with van der Waals surface area (Å²) in [4.78, 5) is 39.7. The van der Waals surface area contributed by atoms with E-state index in [4.69, 9.17) is 4.74 Å². The summed E-state index contributed by atoms with van der Waals surface area (Å²) in [5.41, 5.74) is 0.998. The molecule has 0 spiro atoms. The highest BCUT2D eigenvalue weighted by Crippen LogP contribution is 2.23. The highest BCUT2D eigenvalue weighted by Gasteiger charge is 2.20. The van der Waals surface area contributed by atoms with Crippen LogP contribution >= 0.6 is 11.3 Å². The molecular weight excluding hydrogens is 416 g/mol. The van der Waals surface area contributed by atoms with Crippen LogP contribution in [0.15, 0.2) is 49.4 Å². The van der Waals surface area contributed by atoms with Crippen LogP contribution in [0.1, 0.15) is 28.1 Å². The zero-order chi connectivity index (χ0) is 21.9. The molecule has 3 rings (SSSR count).